The van der Waals surface area contributed by atoms with Crippen molar-refractivity contribution < 1.29 is 18.3 Å². The van der Waals surface area contributed by atoms with E-state index >= 15 is 0 Å². The van der Waals surface area contributed by atoms with Gasteiger partial charge in [-0.3, -0.25) is 0 Å². The number of sulfonamides is 1. The Morgan fingerprint density at radius 1 is 1.15 bits per heavy atom. The number of carbonyl (C=O) groups excluding carboxylic acids is 1. The molecule has 0 heterocycles. The molecule has 0 atom stereocenters. The molecule has 5 nitrogen and oxygen atoms in total. The summed E-state index contributed by atoms with van der Waals surface area (Å²) in [6.07, 6.45) is 2.58. The van der Waals surface area contributed by atoms with Crippen LogP contribution in [0.2, 0.25) is 0 Å². The Kier molecular flexibility index (Phi) is 4.77. The Labute approximate surface area is 119 Å². The lowest BCUT2D eigenvalue weighted by molar-refractivity contribution is -0.312. The summed E-state index contributed by atoms with van der Waals surface area (Å²) in [4.78, 5) is 11.0. The summed E-state index contributed by atoms with van der Waals surface area (Å²) in [6.45, 7) is 0.358. The van der Waals surface area contributed by atoms with Gasteiger partial charge in [0.15, 0.2) is 0 Å². The molecule has 0 bridgehead atoms. The Bertz CT molecular complexity index is 548. The Morgan fingerprint density at radius 3 is 2.30 bits per heavy atom. The molecule has 1 aromatic rings. The maximum Gasteiger partial charge on any atom is 0.240 e. The molecule has 0 unspecified atom stereocenters. The molecule has 1 aromatic carbocycles. The van der Waals surface area contributed by atoms with Crippen LogP contribution >= 0.6 is 0 Å². The van der Waals surface area contributed by atoms with Crippen molar-refractivity contribution in [3.05, 3.63) is 30.3 Å². The SMILES string of the molecule is O=C([O-])C1CCC(CNS(=O)(=O)c2ccccc2)CC1. The Balaban J connectivity index is 1.86. The quantitative estimate of drug-likeness (QED) is 0.858. The van der Waals surface area contributed by atoms with Crippen molar-refractivity contribution in [1.82, 2.24) is 4.72 Å². The monoisotopic (exact) mass is 296 g/mol. The van der Waals surface area contributed by atoms with Crippen molar-refractivity contribution in [2.24, 2.45) is 11.8 Å². The van der Waals surface area contributed by atoms with Gasteiger partial charge in [-0.2, -0.15) is 0 Å². The van der Waals surface area contributed by atoms with Gasteiger partial charge in [0.25, 0.3) is 0 Å². The summed E-state index contributed by atoms with van der Waals surface area (Å²) in [7, 11) is -3.47. The molecule has 1 N–H and O–H groups in total. The molecule has 1 fully saturated rings. The molecule has 0 spiro atoms. The van der Waals surface area contributed by atoms with Crippen LogP contribution in [0.1, 0.15) is 25.7 Å². The first-order valence-electron chi connectivity index (χ1n) is 6.74. The topological polar surface area (TPSA) is 86.3 Å². The van der Waals surface area contributed by atoms with Crippen LogP contribution in [0.3, 0.4) is 0 Å². The lowest BCUT2D eigenvalue weighted by atomic mass is 9.82. The second kappa shape index (κ2) is 6.37. The van der Waals surface area contributed by atoms with Crippen LogP contribution in [-0.4, -0.2) is 20.9 Å². The van der Waals surface area contributed by atoms with E-state index in [1.165, 1.54) is 0 Å². The van der Waals surface area contributed by atoms with Gasteiger partial charge in [-0.05, 0) is 49.7 Å². The second-order valence-corrected chi connectivity index (χ2v) is 6.97. The molecule has 6 heteroatoms. The van der Waals surface area contributed by atoms with Crippen LogP contribution in [0.4, 0.5) is 0 Å². The molecule has 20 heavy (non-hydrogen) atoms. The van der Waals surface area contributed by atoms with E-state index in [0.29, 0.717) is 19.4 Å². The second-order valence-electron chi connectivity index (χ2n) is 5.20. The van der Waals surface area contributed by atoms with E-state index in [2.05, 4.69) is 4.72 Å². The number of benzene rings is 1. The molecule has 0 aromatic heterocycles. The number of carboxylic acids is 1. The molecule has 1 saturated carbocycles. The van der Waals surface area contributed by atoms with E-state index in [9.17, 15) is 18.3 Å². The minimum absolute atomic E-state index is 0.198. The lowest BCUT2D eigenvalue weighted by Crippen LogP contribution is -2.36. The summed E-state index contributed by atoms with van der Waals surface area (Å²) in [5, 5.41) is 10.7. The van der Waals surface area contributed by atoms with Gasteiger partial charge in [0.1, 0.15) is 0 Å². The van der Waals surface area contributed by atoms with Crippen molar-refractivity contribution in [2.75, 3.05) is 6.54 Å². The lowest BCUT2D eigenvalue weighted by Gasteiger charge is -2.29. The van der Waals surface area contributed by atoms with Crippen LogP contribution in [0.15, 0.2) is 35.2 Å². The molecular formula is C14H18NO4S-. The first-order chi connectivity index (χ1) is 9.49. The Hall–Kier alpha value is -1.40. The number of nitrogens with one attached hydrogen (secondary N) is 1. The molecular weight excluding hydrogens is 278 g/mol. The number of hydrogen-bond acceptors (Lipinski definition) is 4. The normalized spacial score (nSPS) is 23.4. The predicted octanol–water partition coefficient (Wildman–Crippen LogP) is 0.521. The molecule has 2 rings (SSSR count). The first kappa shape index (κ1) is 15.0. The number of carbonyl (C=O) groups is 1. The summed E-state index contributed by atoms with van der Waals surface area (Å²) < 4.78 is 26.7. The third-order valence-electron chi connectivity index (χ3n) is 3.80. The minimum atomic E-state index is -3.47. The van der Waals surface area contributed by atoms with Gasteiger partial charge in [0, 0.05) is 12.5 Å². The van der Waals surface area contributed by atoms with Crippen LogP contribution in [0.25, 0.3) is 0 Å². The average Bonchev–Trinajstić information content (AvgIpc) is 2.46. The highest BCUT2D eigenvalue weighted by Crippen LogP contribution is 2.28. The van der Waals surface area contributed by atoms with Gasteiger partial charge in [0.05, 0.1) is 4.90 Å². The van der Waals surface area contributed by atoms with Crippen LogP contribution in [-0.2, 0) is 14.8 Å². The third-order valence-corrected chi connectivity index (χ3v) is 5.24. The zero-order chi connectivity index (χ0) is 14.6. The molecule has 0 amide bonds. The highest BCUT2D eigenvalue weighted by atomic mass is 32.2. The van der Waals surface area contributed by atoms with Gasteiger partial charge in [-0.1, -0.05) is 18.2 Å². The van der Waals surface area contributed by atoms with Gasteiger partial charge < -0.3 is 9.90 Å². The number of aliphatic carboxylic acids is 1. The zero-order valence-corrected chi connectivity index (χ0v) is 11.9. The van der Waals surface area contributed by atoms with Gasteiger partial charge >= 0.3 is 0 Å². The van der Waals surface area contributed by atoms with Crippen LogP contribution in [0, 0.1) is 11.8 Å². The fourth-order valence-corrected chi connectivity index (χ4v) is 3.65. The highest BCUT2D eigenvalue weighted by molar-refractivity contribution is 7.89. The fraction of sp³-hybridized carbons (Fsp3) is 0.500. The molecule has 0 radical (unpaired) electrons. The highest BCUT2D eigenvalue weighted by Gasteiger charge is 2.23. The van der Waals surface area contributed by atoms with Gasteiger partial charge in [-0.15, -0.1) is 0 Å². The Morgan fingerprint density at radius 2 is 1.75 bits per heavy atom. The first-order valence-corrected chi connectivity index (χ1v) is 8.23. The predicted molar refractivity (Wildman–Crippen MR) is 72.1 cm³/mol. The van der Waals surface area contributed by atoms with Crippen molar-refractivity contribution in [3.63, 3.8) is 0 Å². The van der Waals surface area contributed by atoms with E-state index < -0.39 is 16.0 Å². The van der Waals surface area contributed by atoms with Crippen molar-refractivity contribution in [1.29, 1.82) is 0 Å². The van der Waals surface area contributed by atoms with E-state index in [4.69, 9.17) is 0 Å². The standard InChI is InChI=1S/C14H19NO4S/c16-14(17)12-8-6-11(7-9-12)10-15-20(18,19)13-4-2-1-3-5-13/h1-5,11-12,15H,6-10H2,(H,16,17)/p-1. The summed E-state index contributed by atoms with van der Waals surface area (Å²) in [5.41, 5.74) is 0. The molecule has 0 saturated heterocycles. The maximum atomic E-state index is 12.0. The molecule has 1 aliphatic carbocycles. The van der Waals surface area contributed by atoms with E-state index in [-0.39, 0.29) is 16.7 Å². The molecule has 1 aliphatic rings. The summed E-state index contributed by atoms with van der Waals surface area (Å²) >= 11 is 0. The van der Waals surface area contributed by atoms with E-state index in [1.54, 1.807) is 30.3 Å². The van der Waals surface area contributed by atoms with Gasteiger partial charge in [0.2, 0.25) is 10.0 Å². The maximum absolute atomic E-state index is 12.0. The van der Waals surface area contributed by atoms with Crippen molar-refractivity contribution in [3.8, 4) is 0 Å². The summed E-state index contributed by atoms with van der Waals surface area (Å²) in [6, 6.07) is 8.23. The molecule has 0 aliphatic heterocycles. The van der Waals surface area contributed by atoms with E-state index in [1.807, 2.05) is 0 Å². The minimum Gasteiger partial charge on any atom is -0.550 e. The van der Waals surface area contributed by atoms with E-state index in [0.717, 1.165) is 12.8 Å². The average molecular weight is 296 g/mol. The van der Waals surface area contributed by atoms with Crippen molar-refractivity contribution in [2.45, 2.75) is 30.6 Å². The number of hydrogen-bond donors (Lipinski definition) is 1. The largest absolute Gasteiger partial charge is 0.550 e. The van der Waals surface area contributed by atoms with Crippen molar-refractivity contribution >= 4 is 16.0 Å². The number of carboxylic acid groups (broad SMARTS) is 1. The third kappa shape index (κ3) is 3.80. The fourth-order valence-electron chi connectivity index (χ4n) is 2.51. The number of rotatable bonds is 5. The molecule has 110 valence electrons. The zero-order valence-electron chi connectivity index (χ0n) is 11.1. The van der Waals surface area contributed by atoms with Crippen LogP contribution < -0.4 is 9.83 Å². The van der Waals surface area contributed by atoms with Crippen LogP contribution in [0.5, 0.6) is 0 Å². The smallest absolute Gasteiger partial charge is 0.240 e. The van der Waals surface area contributed by atoms with Gasteiger partial charge in [-0.25, -0.2) is 13.1 Å². The summed E-state index contributed by atoms with van der Waals surface area (Å²) in [5.74, 6) is -1.17.